The molecule has 5 heteroatoms. The van der Waals surface area contributed by atoms with Crippen molar-refractivity contribution >= 4 is 17.6 Å². The maximum atomic E-state index is 10.8. The third kappa shape index (κ3) is 3.72. The first-order chi connectivity index (χ1) is 7.67. The van der Waals surface area contributed by atoms with Crippen molar-refractivity contribution in [2.45, 2.75) is 6.10 Å². The molecule has 0 aliphatic heterocycles. The average molecular weight is 245 g/mol. The Bertz CT molecular complexity index is 336. The number of aliphatic hydroxyl groups is 1. The van der Waals surface area contributed by atoms with Crippen LogP contribution in [0.2, 0.25) is 0 Å². The molecule has 0 aliphatic carbocycles. The van der Waals surface area contributed by atoms with Gasteiger partial charge in [-0.3, -0.25) is 0 Å². The predicted octanol–water partition coefficient (Wildman–Crippen LogP) is 1.51. The van der Waals surface area contributed by atoms with Gasteiger partial charge in [-0.2, -0.15) is 0 Å². The molecule has 0 saturated carbocycles. The van der Waals surface area contributed by atoms with E-state index >= 15 is 0 Å². The third-order valence-corrected chi connectivity index (χ3v) is 2.29. The lowest BCUT2D eigenvalue weighted by atomic mass is 10.1. The monoisotopic (exact) mass is 244 g/mol. The van der Waals surface area contributed by atoms with E-state index in [9.17, 15) is 9.90 Å². The van der Waals surface area contributed by atoms with E-state index in [0.717, 1.165) is 0 Å². The van der Waals surface area contributed by atoms with Crippen molar-refractivity contribution in [2.75, 3.05) is 19.6 Å². The zero-order chi connectivity index (χ0) is 12.0. The van der Waals surface area contributed by atoms with Gasteiger partial charge >= 0.3 is 5.97 Å². The van der Waals surface area contributed by atoms with Crippen LogP contribution in [0.15, 0.2) is 24.3 Å². The summed E-state index contributed by atoms with van der Waals surface area (Å²) in [4.78, 5) is 10.8. The molecule has 0 amide bonds. The fraction of sp³-hybridized carbons (Fsp3) is 0.364. The molecule has 0 fully saturated rings. The van der Waals surface area contributed by atoms with Crippen molar-refractivity contribution in [2.24, 2.45) is 0 Å². The molecule has 0 spiro atoms. The number of hydrogen-bond donors (Lipinski definition) is 1. The Kier molecular flexibility index (Phi) is 5.08. The molecular weight excluding hydrogens is 232 g/mol. The Labute approximate surface area is 98.7 Å². The normalized spacial score (nSPS) is 11.9. The molecule has 0 heterocycles. The zero-order valence-electron chi connectivity index (χ0n) is 8.85. The van der Waals surface area contributed by atoms with Crippen LogP contribution < -0.4 is 4.74 Å². The number of carbonyl (C=O) groups excluding carboxylic acids is 1. The van der Waals surface area contributed by atoms with E-state index in [1.165, 1.54) is 7.11 Å². The molecule has 1 aromatic carbocycles. The Morgan fingerprint density at radius 1 is 1.44 bits per heavy atom. The standard InChI is InChI=1S/C11H13ClO4/c1-15-11(14)7-16-9-4-2-8(3-5-9)10(13)6-12/h2-5,10,13H,6-7H2,1H3. The largest absolute Gasteiger partial charge is 0.482 e. The highest BCUT2D eigenvalue weighted by molar-refractivity contribution is 6.18. The van der Waals surface area contributed by atoms with E-state index in [2.05, 4.69) is 4.74 Å². The molecule has 1 unspecified atom stereocenters. The highest BCUT2D eigenvalue weighted by Gasteiger charge is 2.06. The SMILES string of the molecule is COC(=O)COc1ccc(C(O)CCl)cc1. The summed E-state index contributed by atoms with van der Waals surface area (Å²) in [5.41, 5.74) is 0.709. The summed E-state index contributed by atoms with van der Waals surface area (Å²) in [6, 6.07) is 6.71. The Hall–Kier alpha value is -1.26. The molecule has 16 heavy (non-hydrogen) atoms. The summed E-state index contributed by atoms with van der Waals surface area (Å²) in [5.74, 6) is 0.239. The average Bonchev–Trinajstić information content (AvgIpc) is 2.35. The number of esters is 1. The quantitative estimate of drug-likeness (QED) is 0.630. The fourth-order valence-corrected chi connectivity index (χ4v) is 1.25. The number of halogens is 1. The minimum absolute atomic E-state index is 0.131. The van der Waals surface area contributed by atoms with Gasteiger partial charge in [0, 0.05) is 0 Å². The number of methoxy groups -OCH3 is 1. The van der Waals surface area contributed by atoms with Gasteiger partial charge < -0.3 is 14.6 Å². The Balaban J connectivity index is 2.54. The van der Waals surface area contributed by atoms with Crippen LogP contribution in [0.5, 0.6) is 5.75 Å². The predicted molar refractivity (Wildman–Crippen MR) is 59.6 cm³/mol. The highest BCUT2D eigenvalue weighted by Crippen LogP contribution is 2.18. The number of alkyl halides is 1. The molecule has 0 saturated heterocycles. The summed E-state index contributed by atoms with van der Waals surface area (Å²) in [5, 5.41) is 9.43. The maximum Gasteiger partial charge on any atom is 0.343 e. The molecule has 0 radical (unpaired) electrons. The maximum absolute atomic E-state index is 10.8. The first-order valence-electron chi connectivity index (χ1n) is 4.71. The van der Waals surface area contributed by atoms with E-state index < -0.39 is 12.1 Å². The van der Waals surface area contributed by atoms with E-state index in [-0.39, 0.29) is 12.5 Å². The van der Waals surface area contributed by atoms with Gasteiger partial charge in [-0.05, 0) is 17.7 Å². The lowest BCUT2D eigenvalue weighted by Crippen LogP contribution is -2.12. The highest BCUT2D eigenvalue weighted by atomic mass is 35.5. The van der Waals surface area contributed by atoms with Crippen LogP contribution >= 0.6 is 11.6 Å². The smallest absolute Gasteiger partial charge is 0.343 e. The number of hydrogen-bond acceptors (Lipinski definition) is 4. The molecule has 0 aliphatic rings. The number of benzene rings is 1. The molecule has 1 N–H and O–H groups in total. The van der Waals surface area contributed by atoms with Crippen molar-refractivity contribution in [1.29, 1.82) is 0 Å². The van der Waals surface area contributed by atoms with E-state index in [0.29, 0.717) is 11.3 Å². The molecule has 4 nitrogen and oxygen atoms in total. The summed E-state index contributed by atoms with van der Waals surface area (Å²) >= 11 is 5.51. The van der Waals surface area contributed by atoms with Crippen molar-refractivity contribution in [3.8, 4) is 5.75 Å². The second-order valence-corrected chi connectivity index (χ2v) is 3.41. The molecule has 88 valence electrons. The van der Waals surface area contributed by atoms with Gasteiger partial charge in [-0.1, -0.05) is 12.1 Å². The van der Waals surface area contributed by atoms with Crippen molar-refractivity contribution < 1.29 is 19.4 Å². The Morgan fingerprint density at radius 3 is 2.56 bits per heavy atom. The van der Waals surface area contributed by atoms with Gasteiger partial charge in [0.05, 0.1) is 19.1 Å². The third-order valence-electron chi connectivity index (χ3n) is 2.00. The first-order valence-corrected chi connectivity index (χ1v) is 5.24. The second-order valence-electron chi connectivity index (χ2n) is 3.10. The minimum atomic E-state index is -0.684. The van der Waals surface area contributed by atoms with Crippen LogP contribution in [0.4, 0.5) is 0 Å². The summed E-state index contributed by atoms with van der Waals surface area (Å²) in [7, 11) is 1.30. The van der Waals surface area contributed by atoms with Gasteiger partial charge in [0.25, 0.3) is 0 Å². The van der Waals surface area contributed by atoms with Crippen molar-refractivity contribution in [3.05, 3.63) is 29.8 Å². The molecule has 0 aromatic heterocycles. The van der Waals surface area contributed by atoms with Gasteiger partial charge in [0.2, 0.25) is 0 Å². The van der Waals surface area contributed by atoms with Crippen molar-refractivity contribution in [1.82, 2.24) is 0 Å². The molecule has 1 aromatic rings. The number of rotatable bonds is 5. The van der Waals surface area contributed by atoms with Gasteiger partial charge in [0.1, 0.15) is 5.75 Å². The lowest BCUT2D eigenvalue weighted by molar-refractivity contribution is -0.142. The van der Waals surface area contributed by atoms with E-state index in [4.69, 9.17) is 16.3 Å². The van der Waals surface area contributed by atoms with Crippen LogP contribution in [0, 0.1) is 0 Å². The molecule has 1 atom stereocenters. The summed E-state index contributed by atoms with van der Waals surface area (Å²) in [6.07, 6.45) is -0.684. The first kappa shape index (κ1) is 12.8. The fourth-order valence-electron chi connectivity index (χ4n) is 1.08. The van der Waals surface area contributed by atoms with Gasteiger partial charge in [0.15, 0.2) is 6.61 Å². The number of carbonyl (C=O) groups is 1. The Morgan fingerprint density at radius 2 is 2.06 bits per heavy atom. The van der Waals surface area contributed by atoms with Crippen LogP contribution in [-0.2, 0) is 9.53 Å². The molecular formula is C11H13ClO4. The second kappa shape index (κ2) is 6.35. The van der Waals surface area contributed by atoms with Crippen LogP contribution in [-0.4, -0.2) is 30.7 Å². The summed E-state index contributed by atoms with van der Waals surface area (Å²) in [6.45, 7) is -0.131. The van der Waals surface area contributed by atoms with Crippen LogP contribution in [0.1, 0.15) is 11.7 Å². The topological polar surface area (TPSA) is 55.8 Å². The number of ether oxygens (including phenoxy) is 2. The van der Waals surface area contributed by atoms with Gasteiger partial charge in [-0.25, -0.2) is 4.79 Å². The van der Waals surface area contributed by atoms with E-state index in [1.807, 2.05) is 0 Å². The van der Waals surface area contributed by atoms with Crippen molar-refractivity contribution in [3.63, 3.8) is 0 Å². The van der Waals surface area contributed by atoms with Crippen LogP contribution in [0.3, 0.4) is 0 Å². The molecule has 1 rings (SSSR count). The van der Waals surface area contributed by atoms with Crippen LogP contribution in [0.25, 0.3) is 0 Å². The lowest BCUT2D eigenvalue weighted by Gasteiger charge is -2.08. The minimum Gasteiger partial charge on any atom is -0.482 e. The summed E-state index contributed by atoms with van der Waals surface area (Å²) < 4.78 is 9.57. The zero-order valence-corrected chi connectivity index (χ0v) is 9.61. The number of aliphatic hydroxyl groups excluding tert-OH is 1. The van der Waals surface area contributed by atoms with E-state index in [1.54, 1.807) is 24.3 Å². The molecule has 0 bridgehead atoms. The van der Waals surface area contributed by atoms with Gasteiger partial charge in [-0.15, -0.1) is 11.6 Å².